The Hall–Kier alpha value is -1.49. The second kappa shape index (κ2) is 9.45. The number of aryl methyl sites for hydroxylation is 2. The largest absolute Gasteiger partial charge is 0.383 e. The van der Waals surface area contributed by atoms with Gasteiger partial charge in [-0.15, -0.1) is 0 Å². The van der Waals surface area contributed by atoms with E-state index in [9.17, 15) is 13.2 Å². The summed E-state index contributed by atoms with van der Waals surface area (Å²) in [5.74, 6) is -0.189. The predicted octanol–water partition coefficient (Wildman–Crippen LogP) is 0.0443. The van der Waals surface area contributed by atoms with Gasteiger partial charge in [0, 0.05) is 39.8 Å². The molecule has 0 aromatic carbocycles. The number of methoxy groups -OCH3 is 1. The molecule has 1 aromatic heterocycles. The molecule has 0 bridgehead atoms. The van der Waals surface area contributed by atoms with Gasteiger partial charge in [-0.05, 0) is 26.7 Å². The van der Waals surface area contributed by atoms with Gasteiger partial charge in [0.25, 0.3) is 0 Å². The fraction of sp³-hybridized carbons (Fsp3) is 0.750. The van der Waals surface area contributed by atoms with Gasteiger partial charge in [0.15, 0.2) is 5.76 Å². The quantitative estimate of drug-likeness (QED) is 0.574. The van der Waals surface area contributed by atoms with Gasteiger partial charge in [0.2, 0.25) is 15.9 Å². The maximum absolute atomic E-state index is 12.9. The number of nitrogens with zero attached hydrogens (tertiary/aromatic N) is 2. The smallest absolute Gasteiger partial charge is 0.248 e. The number of aromatic nitrogens is 1. The number of sulfonamides is 1. The molecular formula is C16H28N4O5S. The van der Waals surface area contributed by atoms with Crippen LogP contribution in [0.4, 0.5) is 0 Å². The van der Waals surface area contributed by atoms with Crippen LogP contribution in [0.3, 0.4) is 0 Å². The Morgan fingerprint density at radius 1 is 1.35 bits per heavy atom. The van der Waals surface area contributed by atoms with Crippen LogP contribution in [0, 0.1) is 19.8 Å². The van der Waals surface area contributed by atoms with Crippen LogP contribution in [0.15, 0.2) is 9.42 Å². The molecule has 1 unspecified atom stereocenters. The van der Waals surface area contributed by atoms with Gasteiger partial charge in [-0.1, -0.05) is 5.16 Å². The van der Waals surface area contributed by atoms with Crippen LogP contribution < -0.4 is 10.6 Å². The third-order valence-corrected chi connectivity index (χ3v) is 6.51. The Labute approximate surface area is 154 Å². The molecule has 9 nitrogen and oxygen atoms in total. The molecule has 1 amide bonds. The minimum atomic E-state index is -3.71. The van der Waals surface area contributed by atoms with E-state index in [1.807, 2.05) is 0 Å². The van der Waals surface area contributed by atoms with Gasteiger partial charge in [0.05, 0.1) is 12.5 Å². The van der Waals surface area contributed by atoms with E-state index in [0.717, 1.165) is 6.54 Å². The lowest BCUT2D eigenvalue weighted by Crippen LogP contribution is -2.46. The average Bonchev–Trinajstić information content (AvgIpc) is 2.97. The number of amides is 1. The van der Waals surface area contributed by atoms with Gasteiger partial charge in [0.1, 0.15) is 10.6 Å². The maximum atomic E-state index is 12.9. The van der Waals surface area contributed by atoms with E-state index in [4.69, 9.17) is 9.26 Å². The number of hydrogen-bond acceptors (Lipinski definition) is 7. The molecule has 10 heteroatoms. The Kier molecular flexibility index (Phi) is 7.56. The lowest BCUT2D eigenvalue weighted by molar-refractivity contribution is -0.126. The molecule has 0 radical (unpaired) electrons. The van der Waals surface area contributed by atoms with Gasteiger partial charge in [-0.25, -0.2) is 8.42 Å². The second-order valence-corrected chi connectivity index (χ2v) is 8.26. The molecule has 1 fully saturated rings. The topological polar surface area (TPSA) is 114 Å². The first-order valence-electron chi connectivity index (χ1n) is 8.78. The molecule has 0 aliphatic carbocycles. The molecule has 148 valence electrons. The van der Waals surface area contributed by atoms with Crippen LogP contribution in [-0.2, 0) is 19.6 Å². The molecule has 26 heavy (non-hydrogen) atoms. The van der Waals surface area contributed by atoms with Crippen molar-refractivity contribution in [3.63, 3.8) is 0 Å². The third kappa shape index (κ3) is 5.03. The highest BCUT2D eigenvalue weighted by Gasteiger charge is 2.36. The van der Waals surface area contributed by atoms with E-state index >= 15 is 0 Å². The minimum Gasteiger partial charge on any atom is -0.383 e. The van der Waals surface area contributed by atoms with Crippen molar-refractivity contribution in [2.24, 2.45) is 5.92 Å². The van der Waals surface area contributed by atoms with Crippen molar-refractivity contribution in [2.75, 3.05) is 46.4 Å². The number of piperidine rings is 1. The number of carbonyl (C=O) groups excluding carboxylic acids is 1. The van der Waals surface area contributed by atoms with Crippen molar-refractivity contribution in [1.82, 2.24) is 20.1 Å². The highest BCUT2D eigenvalue weighted by atomic mass is 32.2. The molecule has 1 aromatic rings. The van der Waals surface area contributed by atoms with Gasteiger partial charge < -0.3 is 19.9 Å². The number of carbonyl (C=O) groups is 1. The van der Waals surface area contributed by atoms with Crippen LogP contribution in [0.1, 0.15) is 24.3 Å². The molecule has 1 atom stereocenters. The van der Waals surface area contributed by atoms with E-state index < -0.39 is 10.0 Å². The summed E-state index contributed by atoms with van der Waals surface area (Å²) in [6, 6.07) is 0. The Balaban J connectivity index is 1.91. The first-order chi connectivity index (χ1) is 12.4. The molecule has 1 aliphatic rings. The van der Waals surface area contributed by atoms with E-state index in [1.165, 1.54) is 4.31 Å². The molecule has 0 saturated carbocycles. The van der Waals surface area contributed by atoms with Crippen molar-refractivity contribution in [2.45, 2.75) is 31.6 Å². The first-order valence-corrected chi connectivity index (χ1v) is 10.2. The number of hydrogen-bond donors (Lipinski definition) is 2. The molecule has 1 saturated heterocycles. The highest BCUT2D eigenvalue weighted by Crippen LogP contribution is 2.27. The Morgan fingerprint density at radius 2 is 2.12 bits per heavy atom. The van der Waals surface area contributed by atoms with Gasteiger partial charge in [-0.2, -0.15) is 4.31 Å². The molecule has 2 N–H and O–H groups in total. The van der Waals surface area contributed by atoms with E-state index in [0.29, 0.717) is 44.8 Å². The van der Waals surface area contributed by atoms with E-state index in [2.05, 4.69) is 15.8 Å². The molecule has 0 spiro atoms. The first kappa shape index (κ1) is 20.8. The zero-order valence-electron chi connectivity index (χ0n) is 15.6. The normalized spacial score (nSPS) is 18.8. The average molecular weight is 388 g/mol. The summed E-state index contributed by atoms with van der Waals surface area (Å²) >= 11 is 0. The van der Waals surface area contributed by atoms with Crippen LogP contribution in [0.5, 0.6) is 0 Å². The third-order valence-electron chi connectivity index (χ3n) is 4.40. The summed E-state index contributed by atoms with van der Waals surface area (Å²) in [5.41, 5.74) is 0.344. The number of ether oxygens (including phenoxy) is 1. The Morgan fingerprint density at radius 3 is 2.77 bits per heavy atom. The van der Waals surface area contributed by atoms with Gasteiger partial charge in [-0.3, -0.25) is 4.79 Å². The Bertz CT molecular complexity index is 684. The lowest BCUT2D eigenvalue weighted by Gasteiger charge is -2.31. The number of nitrogens with one attached hydrogen (secondary N) is 2. The van der Waals surface area contributed by atoms with Crippen molar-refractivity contribution >= 4 is 15.9 Å². The zero-order chi connectivity index (χ0) is 19.2. The minimum absolute atomic E-state index is 0.112. The highest BCUT2D eigenvalue weighted by molar-refractivity contribution is 7.89. The van der Waals surface area contributed by atoms with Crippen molar-refractivity contribution in [3.8, 4) is 0 Å². The summed E-state index contributed by atoms with van der Waals surface area (Å²) in [5, 5.41) is 9.74. The summed E-state index contributed by atoms with van der Waals surface area (Å²) < 4.78 is 37.1. The van der Waals surface area contributed by atoms with Crippen LogP contribution in [0.2, 0.25) is 0 Å². The summed E-state index contributed by atoms with van der Waals surface area (Å²) in [6.07, 6.45) is 1.32. The van der Waals surface area contributed by atoms with Crippen LogP contribution in [-0.4, -0.2) is 70.2 Å². The van der Waals surface area contributed by atoms with Crippen LogP contribution >= 0.6 is 0 Å². The maximum Gasteiger partial charge on any atom is 0.248 e. The van der Waals surface area contributed by atoms with Crippen LogP contribution in [0.25, 0.3) is 0 Å². The van der Waals surface area contributed by atoms with Crippen molar-refractivity contribution < 1.29 is 22.5 Å². The van der Waals surface area contributed by atoms with Crippen molar-refractivity contribution in [3.05, 3.63) is 11.5 Å². The molecule has 2 heterocycles. The summed E-state index contributed by atoms with van der Waals surface area (Å²) in [4.78, 5) is 12.5. The second-order valence-electron chi connectivity index (χ2n) is 6.39. The van der Waals surface area contributed by atoms with Crippen molar-refractivity contribution in [1.29, 1.82) is 0 Å². The zero-order valence-corrected chi connectivity index (χ0v) is 16.4. The predicted molar refractivity (Wildman–Crippen MR) is 95.2 cm³/mol. The monoisotopic (exact) mass is 388 g/mol. The fourth-order valence-electron chi connectivity index (χ4n) is 3.06. The standard InChI is InChI=1S/C16H28N4O5S/c1-12-15(13(2)25-19-12)26(22,23)20-9-4-5-14(11-20)16(21)18-7-6-17-8-10-24-3/h14,17H,4-11H2,1-3H3,(H,18,21). The lowest BCUT2D eigenvalue weighted by atomic mass is 9.99. The molecular weight excluding hydrogens is 360 g/mol. The fourth-order valence-corrected chi connectivity index (χ4v) is 4.88. The summed E-state index contributed by atoms with van der Waals surface area (Å²) in [6.45, 7) is 6.23. The van der Waals surface area contributed by atoms with Gasteiger partial charge >= 0.3 is 0 Å². The van der Waals surface area contributed by atoms with E-state index in [1.54, 1.807) is 21.0 Å². The SMILES string of the molecule is COCCNCCNC(=O)C1CCCN(S(=O)(=O)c2c(C)noc2C)C1. The summed E-state index contributed by atoms with van der Waals surface area (Å²) in [7, 11) is -2.08. The number of rotatable bonds is 9. The van der Waals surface area contributed by atoms with E-state index in [-0.39, 0.29) is 29.0 Å². The molecule has 1 aliphatic heterocycles. The molecule has 2 rings (SSSR count).